The maximum Gasteiger partial charge on any atom is 0.295 e. The lowest BCUT2D eigenvalue weighted by atomic mass is 9.94. The van der Waals surface area contributed by atoms with Gasteiger partial charge in [-0.2, -0.15) is 0 Å². The fourth-order valence-corrected chi connectivity index (χ4v) is 4.23. The highest BCUT2D eigenvalue weighted by Gasteiger charge is 2.46. The molecule has 0 aliphatic carbocycles. The van der Waals surface area contributed by atoms with Crippen LogP contribution in [0.15, 0.2) is 48.0 Å². The molecular weight excluding hydrogens is 430 g/mol. The largest absolute Gasteiger partial charge is 0.507 e. The van der Waals surface area contributed by atoms with E-state index in [0.717, 1.165) is 30.6 Å². The van der Waals surface area contributed by atoms with E-state index in [1.54, 1.807) is 36.3 Å². The predicted molar refractivity (Wildman–Crippen MR) is 133 cm³/mol. The number of Topliss-reactive ketones (excluding diaryl/α,β-unsaturated/α-hetero) is 1. The van der Waals surface area contributed by atoms with E-state index >= 15 is 0 Å². The van der Waals surface area contributed by atoms with Crippen molar-refractivity contribution < 1.29 is 24.2 Å². The van der Waals surface area contributed by atoms with Gasteiger partial charge in [0.25, 0.3) is 11.7 Å². The van der Waals surface area contributed by atoms with Crippen LogP contribution >= 0.6 is 0 Å². The number of aliphatic hydroxyl groups is 1. The number of amides is 1. The number of likely N-dealkylation sites (tertiary alicyclic amines) is 1. The third kappa shape index (κ3) is 5.27. The van der Waals surface area contributed by atoms with Crippen LogP contribution in [0.25, 0.3) is 5.76 Å². The predicted octanol–water partition coefficient (Wildman–Crippen LogP) is 5.65. The van der Waals surface area contributed by atoms with Crippen LogP contribution in [0.4, 0.5) is 0 Å². The Labute approximate surface area is 202 Å². The lowest BCUT2D eigenvalue weighted by Gasteiger charge is -2.26. The summed E-state index contributed by atoms with van der Waals surface area (Å²) >= 11 is 0. The molecule has 0 aromatic heterocycles. The molecule has 1 atom stereocenters. The van der Waals surface area contributed by atoms with Crippen LogP contribution in [0.2, 0.25) is 0 Å². The van der Waals surface area contributed by atoms with Gasteiger partial charge in [-0.3, -0.25) is 9.59 Å². The van der Waals surface area contributed by atoms with Crippen LogP contribution in [-0.2, 0) is 9.59 Å². The molecule has 34 heavy (non-hydrogen) atoms. The summed E-state index contributed by atoms with van der Waals surface area (Å²) in [5, 5.41) is 11.3. The number of rotatable bonds is 10. The van der Waals surface area contributed by atoms with Crippen LogP contribution in [0, 0.1) is 12.8 Å². The molecule has 182 valence electrons. The molecule has 3 rings (SSSR count). The number of hydrogen-bond acceptors (Lipinski definition) is 5. The molecular formula is C28H35NO5. The molecule has 0 radical (unpaired) electrons. The van der Waals surface area contributed by atoms with E-state index in [-0.39, 0.29) is 11.3 Å². The van der Waals surface area contributed by atoms with Crippen LogP contribution in [0.1, 0.15) is 62.8 Å². The maximum atomic E-state index is 13.2. The van der Waals surface area contributed by atoms with Crippen LogP contribution in [0.3, 0.4) is 0 Å². The summed E-state index contributed by atoms with van der Waals surface area (Å²) in [7, 11) is 1.56. The highest BCUT2D eigenvalue weighted by atomic mass is 16.5. The summed E-state index contributed by atoms with van der Waals surface area (Å²) < 4.78 is 11.4. The van der Waals surface area contributed by atoms with E-state index in [1.807, 2.05) is 25.1 Å². The standard InChI is InChI=1S/C28H35NO5/c1-6-7-10-15-29-25(21-11-8-9-12-23(21)33-5)24(27(31)28(29)32)26(30)20-13-14-22(19(4)16-20)34-17-18(2)3/h8-9,11-14,16,18,25,30H,6-7,10,15,17H2,1-5H3/b26-24+. The fourth-order valence-electron chi connectivity index (χ4n) is 4.23. The zero-order valence-electron chi connectivity index (χ0n) is 20.8. The van der Waals surface area contributed by atoms with Crippen molar-refractivity contribution in [1.29, 1.82) is 0 Å². The number of para-hydroxylation sites is 1. The Morgan fingerprint density at radius 1 is 1.09 bits per heavy atom. The highest BCUT2D eigenvalue weighted by molar-refractivity contribution is 6.46. The number of methoxy groups -OCH3 is 1. The molecule has 6 nitrogen and oxygen atoms in total. The van der Waals surface area contributed by atoms with E-state index in [1.165, 1.54) is 0 Å². The van der Waals surface area contributed by atoms with Gasteiger partial charge in [-0.25, -0.2) is 0 Å². The number of unbranched alkanes of at least 4 members (excludes halogenated alkanes) is 2. The summed E-state index contributed by atoms with van der Waals surface area (Å²) in [6.07, 6.45) is 2.71. The third-order valence-corrected chi connectivity index (χ3v) is 6.00. The molecule has 1 fully saturated rings. The van der Waals surface area contributed by atoms with Crippen molar-refractivity contribution in [2.75, 3.05) is 20.3 Å². The number of ether oxygens (including phenoxy) is 2. The van der Waals surface area contributed by atoms with Crippen molar-refractivity contribution in [3.63, 3.8) is 0 Å². The minimum Gasteiger partial charge on any atom is -0.507 e. The Kier molecular flexibility index (Phi) is 8.37. The minimum atomic E-state index is -0.717. The van der Waals surface area contributed by atoms with Crippen LogP contribution in [0.5, 0.6) is 11.5 Å². The molecule has 1 aliphatic heterocycles. The zero-order valence-corrected chi connectivity index (χ0v) is 20.8. The van der Waals surface area contributed by atoms with Crippen molar-refractivity contribution in [3.8, 4) is 11.5 Å². The van der Waals surface area contributed by atoms with E-state index in [9.17, 15) is 14.7 Å². The molecule has 1 saturated heterocycles. The molecule has 1 heterocycles. The Balaban J connectivity index is 2.09. The van der Waals surface area contributed by atoms with Gasteiger partial charge >= 0.3 is 0 Å². The summed E-state index contributed by atoms with van der Waals surface area (Å²) in [6.45, 7) is 9.15. The molecule has 1 aliphatic rings. The third-order valence-electron chi connectivity index (χ3n) is 6.00. The average Bonchev–Trinajstić information content (AvgIpc) is 3.07. The van der Waals surface area contributed by atoms with Gasteiger partial charge in [0, 0.05) is 17.7 Å². The zero-order chi connectivity index (χ0) is 24.8. The van der Waals surface area contributed by atoms with E-state index in [4.69, 9.17) is 9.47 Å². The highest BCUT2D eigenvalue weighted by Crippen LogP contribution is 2.43. The van der Waals surface area contributed by atoms with Gasteiger partial charge in [0.1, 0.15) is 17.3 Å². The number of ketones is 1. The van der Waals surface area contributed by atoms with Crippen molar-refractivity contribution in [2.45, 2.75) is 53.0 Å². The average molecular weight is 466 g/mol. The van der Waals surface area contributed by atoms with Crippen molar-refractivity contribution >= 4 is 17.4 Å². The molecule has 1 N–H and O–H groups in total. The lowest BCUT2D eigenvalue weighted by molar-refractivity contribution is -0.139. The summed E-state index contributed by atoms with van der Waals surface area (Å²) in [6, 6.07) is 11.9. The first kappa shape index (κ1) is 25.3. The number of benzene rings is 2. The van der Waals surface area contributed by atoms with Crippen molar-refractivity contribution in [3.05, 3.63) is 64.7 Å². The lowest BCUT2D eigenvalue weighted by Crippen LogP contribution is -2.30. The number of aliphatic hydroxyl groups excluding tert-OH is 1. The van der Waals surface area contributed by atoms with Gasteiger partial charge in [0.15, 0.2) is 0 Å². The Hall–Kier alpha value is -3.28. The molecule has 1 unspecified atom stereocenters. The molecule has 0 spiro atoms. The number of carbonyl (C=O) groups is 2. The topological polar surface area (TPSA) is 76.1 Å². The Morgan fingerprint density at radius 3 is 2.47 bits per heavy atom. The van der Waals surface area contributed by atoms with Crippen LogP contribution in [-0.4, -0.2) is 42.0 Å². The van der Waals surface area contributed by atoms with E-state index in [0.29, 0.717) is 35.9 Å². The number of hydrogen-bond donors (Lipinski definition) is 1. The smallest absolute Gasteiger partial charge is 0.295 e. The first-order valence-corrected chi connectivity index (χ1v) is 11.9. The second-order valence-corrected chi connectivity index (χ2v) is 9.13. The maximum absolute atomic E-state index is 13.2. The summed E-state index contributed by atoms with van der Waals surface area (Å²) in [4.78, 5) is 27.8. The van der Waals surface area contributed by atoms with Crippen molar-refractivity contribution in [2.24, 2.45) is 5.92 Å². The molecule has 0 saturated carbocycles. The molecule has 0 bridgehead atoms. The first-order valence-electron chi connectivity index (χ1n) is 11.9. The quantitative estimate of drug-likeness (QED) is 0.212. The minimum absolute atomic E-state index is 0.0845. The van der Waals surface area contributed by atoms with Gasteiger partial charge in [0.05, 0.1) is 25.3 Å². The van der Waals surface area contributed by atoms with Crippen molar-refractivity contribution in [1.82, 2.24) is 4.90 Å². The second kappa shape index (κ2) is 11.2. The van der Waals surface area contributed by atoms with Gasteiger partial charge in [-0.05, 0) is 49.1 Å². The SMILES string of the molecule is CCCCCN1C(=O)C(=O)/C(=C(/O)c2ccc(OCC(C)C)c(C)c2)C1c1ccccc1OC. The monoisotopic (exact) mass is 465 g/mol. The molecule has 2 aromatic rings. The normalized spacial score (nSPS) is 17.5. The Morgan fingerprint density at radius 2 is 1.82 bits per heavy atom. The summed E-state index contributed by atoms with van der Waals surface area (Å²) in [5.74, 6) is 0.216. The van der Waals surface area contributed by atoms with E-state index < -0.39 is 17.7 Å². The molecule has 2 aromatic carbocycles. The van der Waals surface area contributed by atoms with Gasteiger partial charge in [0.2, 0.25) is 0 Å². The van der Waals surface area contributed by atoms with Gasteiger partial charge in [-0.15, -0.1) is 0 Å². The summed E-state index contributed by atoms with van der Waals surface area (Å²) in [5.41, 5.74) is 2.08. The van der Waals surface area contributed by atoms with E-state index in [2.05, 4.69) is 20.8 Å². The number of nitrogens with zero attached hydrogens (tertiary/aromatic N) is 1. The Bertz CT molecular complexity index is 1070. The number of carbonyl (C=O) groups excluding carboxylic acids is 2. The first-order chi connectivity index (χ1) is 16.3. The van der Waals surface area contributed by atoms with Gasteiger partial charge in [-0.1, -0.05) is 51.8 Å². The van der Waals surface area contributed by atoms with Gasteiger partial charge < -0.3 is 19.5 Å². The van der Waals surface area contributed by atoms with Crippen LogP contribution < -0.4 is 9.47 Å². The molecule has 1 amide bonds. The molecule has 6 heteroatoms. The fraction of sp³-hybridized carbons (Fsp3) is 0.429. The number of aryl methyl sites for hydroxylation is 1. The second-order valence-electron chi connectivity index (χ2n) is 9.13.